The van der Waals surface area contributed by atoms with E-state index in [1.165, 1.54) is 0 Å². The van der Waals surface area contributed by atoms with Crippen LogP contribution in [-0.4, -0.2) is 0 Å². The summed E-state index contributed by atoms with van der Waals surface area (Å²) in [7, 11) is 0. The third-order valence-corrected chi connectivity index (χ3v) is 4.86. The lowest BCUT2D eigenvalue weighted by Crippen LogP contribution is -1.84. The highest BCUT2D eigenvalue weighted by Crippen LogP contribution is 2.33. The molecule has 0 radical (unpaired) electrons. The summed E-state index contributed by atoms with van der Waals surface area (Å²) >= 11 is 12.2. The van der Waals surface area contributed by atoms with Gasteiger partial charge in [-0.3, -0.25) is 0 Å². The van der Waals surface area contributed by atoms with Gasteiger partial charge in [-0.15, -0.1) is 0 Å². The Balaban J connectivity index is 1.76. The first kappa shape index (κ1) is 17.4. The van der Waals surface area contributed by atoms with Crippen LogP contribution in [0.4, 0.5) is 0 Å². The van der Waals surface area contributed by atoms with Crippen LogP contribution in [0.15, 0.2) is 77.2 Å². The largest absolute Gasteiger partial charge is 0.457 e. The third-order valence-electron chi connectivity index (χ3n) is 4.31. The molecule has 0 fully saturated rings. The van der Waals surface area contributed by atoms with Gasteiger partial charge in [-0.25, -0.2) is 0 Å². The Morgan fingerprint density at radius 2 is 1.74 bits per heavy atom. The summed E-state index contributed by atoms with van der Waals surface area (Å²) in [6, 6.07) is 25.1. The number of nitrogens with zero attached hydrogens (tertiary/aromatic N) is 1. The molecule has 0 unspecified atom stereocenters. The molecule has 4 heteroatoms. The Labute approximate surface area is 166 Å². The standard InChI is InChI=1S/C23H13Cl2NO/c24-17-8-10-21(22(25)13-17)23-11-9-18(27-23)12-16(14-26)20-7-3-5-15-4-1-2-6-19(15)20/h1-13H/b16-12-. The first-order valence-corrected chi connectivity index (χ1v) is 9.06. The van der Waals surface area contributed by atoms with E-state index in [1.54, 1.807) is 18.2 Å². The molecule has 4 rings (SSSR count). The maximum atomic E-state index is 9.70. The van der Waals surface area contributed by atoms with E-state index in [9.17, 15) is 5.26 Å². The molecule has 1 aromatic heterocycles. The number of hydrogen-bond donors (Lipinski definition) is 0. The maximum Gasteiger partial charge on any atom is 0.136 e. The van der Waals surface area contributed by atoms with Crippen LogP contribution in [0.5, 0.6) is 0 Å². The average Bonchev–Trinajstić information content (AvgIpc) is 3.14. The van der Waals surface area contributed by atoms with Crippen molar-refractivity contribution < 1.29 is 4.42 Å². The van der Waals surface area contributed by atoms with Crippen LogP contribution in [0.25, 0.3) is 33.7 Å². The van der Waals surface area contributed by atoms with Crippen molar-refractivity contribution in [3.05, 3.63) is 94.2 Å². The van der Waals surface area contributed by atoms with Gasteiger partial charge in [-0.05, 0) is 47.2 Å². The predicted octanol–water partition coefficient (Wildman–Crippen LogP) is 7.47. The molecule has 4 aromatic rings. The van der Waals surface area contributed by atoms with Gasteiger partial charge in [0.1, 0.15) is 11.5 Å². The van der Waals surface area contributed by atoms with Crippen molar-refractivity contribution in [1.29, 1.82) is 5.26 Å². The monoisotopic (exact) mass is 389 g/mol. The molecule has 0 aliphatic heterocycles. The van der Waals surface area contributed by atoms with E-state index < -0.39 is 0 Å². The zero-order valence-corrected chi connectivity index (χ0v) is 15.6. The number of hydrogen-bond acceptors (Lipinski definition) is 2. The number of benzene rings is 3. The number of rotatable bonds is 3. The van der Waals surface area contributed by atoms with E-state index in [-0.39, 0.29) is 0 Å². The van der Waals surface area contributed by atoms with Crippen LogP contribution in [0.1, 0.15) is 11.3 Å². The molecule has 0 atom stereocenters. The zero-order chi connectivity index (χ0) is 18.8. The fraction of sp³-hybridized carbons (Fsp3) is 0. The quantitative estimate of drug-likeness (QED) is 0.340. The third kappa shape index (κ3) is 3.48. The SMILES string of the molecule is N#C/C(=C/c1ccc(-c2ccc(Cl)cc2Cl)o1)c1cccc2ccccc12. The average molecular weight is 390 g/mol. The van der Waals surface area contributed by atoms with Crippen molar-refractivity contribution in [2.75, 3.05) is 0 Å². The van der Waals surface area contributed by atoms with Gasteiger partial charge in [0.25, 0.3) is 0 Å². The molecule has 0 saturated carbocycles. The van der Waals surface area contributed by atoms with Gasteiger partial charge in [-0.2, -0.15) is 5.26 Å². The van der Waals surface area contributed by atoms with Crippen LogP contribution in [0, 0.1) is 11.3 Å². The molecule has 0 bridgehead atoms. The highest BCUT2D eigenvalue weighted by molar-refractivity contribution is 6.36. The highest BCUT2D eigenvalue weighted by Gasteiger charge is 2.11. The minimum atomic E-state index is 0.516. The topological polar surface area (TPSA) is 36.9 Å². The summed E-state index contributed by atoms with van der Waals surface area (Å²) in [4.78, 5) is 0. The number of nitriles is 1. The van der Waals surface area contributed by atoms with E-state index in [2.05, 4.69) is 6.07 Å². The molecule has 0 aliphatic carbocycles. The molecular formula is C23H13Cl2NO. The van der Waals surface area contributed by atoms with Crippen LogP contribution < -0.4 is 0 Å². The molecular weight excluding hydrogens is 377 g/mol. The fourth-order valence-corrected chi connectivity index (χ4v) is 3.54. The Kier molecular flexibility index (Phi) is 4.73. The molecule has 130 valence electrons. The Bertz CT molecular complexity index is 1210. The summed E-state index contributed by atoms with van der Waals surface area (Å²) < 4.78 is 5.90. The summed E-state index contributed by atoms with van der Waals surface area (Å²) in [6.45, 7) is 0. The van der Waals surface area contributed by atoms with Gasteiger partial charge in [0.2, 0.25) is 0 Å². The predicted molar refractivity (Wildman–Crippen MR) is 112 cm³/mol. The van der Waals surface area contributed by atoms with Gasteiger partial charge in [0.15, 0.2) is 0 Å². The minimum absolute atomic E-state index is 0.516. The highest BCUT2D eigenvalue weighted by atomic mass is 35.5. The van der Waals surface area contributed by atoms with E-state index in [1.807, 2.05) is 60.7 Å². The van der Waals surface area contributed by atoms with Crippen molar-refractivity contribution in [3.8, 4) is 17.4 Å². The van der Waals surface area contributed by atoms with Gasteiger partial charge in [0.05, 0.1) is 16.7 Å². The molecule has 27 heavy (non-hydrogen) atoms. The summed E-state index contributed by atoms with van der Waals surface area (Å²) in [5, 5.41) is 12.9. The van der Waals surface area contributed by atoms with Crippen molar-refractivity contribution in [3.63, 3.8) is 0 Å². The van der Waals surface area contributed by atoms with Crippen molar-refractivity contribution in [1.82, 2.24) is 0 Å². The second kappa shape index (κ2) is 7.32. The lowest BCUT2D eigenvalue weighted by molar-refractivity contribution is 0.572. The summed E-state index contributed by atoms with van der Waals surface area (Å²) in [6.07, 6.45) is 1.75. The van der Waals surface area contributed by atoms with Gasteiger partial charge < -0.3 is 4.42 Å². The van der Waals surface area contributed by atoms with E-state index in [0.717, 1.165) is 21.9 Å². The van der Waals surface area contributed by atoms with E-state index >= 15 is 0 Å². The summed E-state index contributed by atoms with van der Waals surface area (Å²) in [5.74, 6) is 1.21. The fourth-order valence-electron chi connectivity index (χ4n) is 3.04. The van der Waals surface area contributed by atoms with Crippen LogP contribution in [-0.2, 0) is 0 Å². The van der Waals surface area contributed by atoms with Crippen molar-refractivity contribution >= 4 is 45.6 Å². The number of fused-ring (bicyclic) bond motifs is 1. The van der Waals surface area contributed by atoms with E-state index in [4.69, 9.17) is 27.6 Å². The molecule has 2 nitrogen and oxygen atoms in total. The lowest BCUT2D eigenvalue weighted by atomic mass is 9.98. The molecule has 0 spiro atoms. The molecule has 3 aromatic carbocycles. The van der Waals surface area contributed by atoms with Crippen LogP contribution in [0.2, 0.25) is 10.0 Å². The molecule has 0 N–H and O–H groups in total. The normalized spacial score (nSPS) is 11.5. The maximum absolute atomic E-state index is 9.70. The molecule has 0 saturated heterocycles. The van der Waals surface area contributed by atoms with E-state index in [0.29, 0.717) is 27.1 Å². The van der Waals surface area contributed by atoms with Gasteiger partial charge in [0, 0.05) is 16.1 Å². The van der Waals surface area contributed by atoms with Crippen LogP contribution >= 0.6 is 23.2 Å². The van der Waals surface area contributed by atoms with Crippen LogP contribution in [0.3, 0.4) is 0 Å². The second-order valence-corrected chi connectivity index (χ2v) is 6.87. The lowest BCUT2D eigenvalue weighted by Gasteiger charge is -2.05. The summed E-state index contributed by atoms with van der Waals surface area (Å²) in [5.41, 5.74) is 2.16. The Morgan fingerprint density at radius 1 is 0.926 bits per heavy atom. The smallest absolute Gasteiger partial charge is 0.136 e. The minimum Gasteiger partial charge on any atom is -0.457 e. The van der Waals surface area contributed by atoms with Gasteiger partial charge >= 0.3 is 0 Å². The zero-order valence-electron chi connectivity index (χ0n) is 14.1. The molecule has 0 amide bonds. The Morgan fingerprint density at radius 3 is 2.56 bits per heavy atom. The molecule has 0 aliphatic rings. The van der Waals surface area contributed by atoms with Crippen molar-refractivity contribution in [2.24, 2.45) is 0 Å². The number of allylic oxidation sites excluding steroid dienone is 1. The second-order valence-electron chi connectivity index (χ2n) is 6.02. The first-order chi connectivity index (χ1) is 13.2. The molecule has 1 heterocycles. The number of halogens is 2. The van der Waals surface area contributed by atoms with Crippen molar-refractivity contribution in [2.45, 2.75) is 0 Å². The number of furan rings is 1. The van der Waals surface area contributed by atoms with Gasteiger partial charge in [-0.1, -0.05) is 65.7 Å². The Hall–Kier alpha value is -2.99. The first-order valence-electron chi connectivity index (χ1n) is 8.31.